The summed E-state index contributed by atoms with van der Waals surface area (Å²) in [6.07, 6.45) is 1.50. The molecule has 0 saturated carbocycles. The Morgan fingerprint density at radius 2 is 1.79 bits per heavy atom. The quantitative estimate of drug-likeness (QED) is 0.474. The van der Waals surface area contributed by atoms with Crippen molar-refractivity contribution in [3.05, 3.63) is 17.7 Å². The monoisotopic (exact) mass is 288 g/mol. The zero-order valence-corrected chi connectivity index (χ0v) is 11.7. The third-order valence-corrected chi connectivity index (χ3v) is 2.74. The molecule has 1 aromatic carbocycles. The van der Waals surface area contributed by atoms with E-state index >= 15 is 0 Å². The maximum atomic E-state index is 11.8. The number of hydrogen-bond donors (Lipinski definition) is 1. The summed E-state index contributed by atoms with van der Waals surface area (Å²) < 4.78 is 15.0. The first-order valence-electron chi connectivity index (χ1n) is 5.82. The number of unbranched alkanes of at least 4 members (excludes halogenated alkanes) is 1. The topological polar surface area (TPSA) is 65.0 Å². The molecule has 0 bridgehead atoms. The highest BCUT2D eigenvalue weighted by Gasteiger charge is 2.16. The first-order valence-corrected chi connectivity index (χ1v) is 6.35. The van der Waals surface area contributed by atoms with Crippen LogP contribution in [0, 0.1) is 0 Å². The molecule has 6 heteroatoms. The summed E-state index contributed by atoms with van der Waals surface area (Å²) in [6, 6.07) is 2.81. The van der Waals surface area contributed by atoms with Crippen LogP contribution in [0.25, 0.3) is 0 Å². The van der Waals surface area contributed by atoms with Gasteiger partial charge >= 0.3 is 5.97 Å². The van der Waals surface area contributed by atoms with Gasteiger partial charge in [0.25, 0.3) is 0 Å². The van der Waals surface area contributed by atoms with Gasteiger partial charge in [-0.05, 0) is 25.0 Å². The van der Waals surface area contributed by atoms with Crippen molar-refractivity contribution in [2.45, 2.75) is 12.8 Å². The van der Waals surface area contributed by atoms with Gasteiger partial charge in [0.1, 0.15) is 0 Å². The fraction of sp³-hybridized carbons (Fsp3) is 0.462. The van der Waals surface area contributed by atoms with E-state index in [2.05, 4.69) is 0 Å². The molecule has 0 amide bonds. The average Bonchev–Trinajstić information content (AvgIpc) is 2.43. The van der Waals surface area contributed by atoms with Crippen molar-refractivity contribution in [1.82, 2.24) is 0 Å². The van der Waals surface area contributed by atoms with Gasteiger partial charge in [0.2, 0.25) is 5.75 Å². The lowest BCUT2D eigenvalue weighted by Gasteiger charge is -2.11. The lowest BCUT2D eigenvalue weighted by molar-refractivity contribution is 0.0499. The minimum atomic E-state index is -0.494. The minimum absolute atomic E-state index is 0.149. The Hall–Kier alpha value is -1.62. The van der Waals surface area contributed by atoms with Gasteiger partial charge in [-0.3, -0.25) is 0 Å². The third kappa shape index (κ3) is 4.21. The van der Waals surface area contributed by atoms with E-state index in [1.807, 2.05) is 0 Å². The predicted molar refractivity (Wildman–Crippen MR) is 71.4 cm³/mol. The molecule has 0 heterocycles. The van der Waals surface area contributed by atoms with E-state index in [0.29, 0.717) is 18.9 Å². The van der Waals surface area contributed by atoms with E-state index in [-0.39, 0.29) is 22.8 Å². The van der Waals surface area contributed by atoms with Crippen molar-refractivity contribution in [1.29, 1.82) is 0 Å². The van der Waals surface area contributed by atoms with Gasteiger partial charge in [-0.25, -0.2) is 4.79 Å². The summed E-state index contributed by atoms with van der Waals surface area (Å²) in [5.74, 6) is 0.215. The maximum absolute atomic E-state index is 11.8. The predicted octanol–water partition coefficient (Wildman–Crippen LogP) is 2.59. The second-order valence-corrected chi connectivity index (χ2v) is 4.14. The summed E-state index contributed by atoms with van der Waals surface area (Å²) in [7, 11) is 2.79. The number of ether oxygens (including phenoxy) is 3. The Balaban J connectivity index is 2.79. The van der Waals surface area contributed by atoms with E-state index in [1.165, 1.54) is 26.4 Å². The SMILES string of the molecule is COc1cc(C(=O)OCCCCCl)cc(OC)c1O. The average molecular weight is 289 g/mol. The molecule has 1 N–H and O–H groups in total. The van der Waals surface area contributed by atoms with Gasteiger partial charge < -0.3 is 19.3 Å². The maximum Gasteiger partial charge on any atom is 0.338 e. The molecule has 0 aliphatic heterocycles. The molecule has 1 rings (SSSR count). The summed E-state index contributed by atoms with van der Waals surface area (Å²) >= 11 is 5.53. The number of phenolic OH excluding ortho intramolecular Hbond substituents is 1. The molecule has 106 valence electrons. The van der Waals surface area contributed by atoms with Gasteiger partial charge in [0.05, 0.1) is 26.4 Å². The van der Waals surface area contributed by atoms with E-state index in [0.717, 1.165) is 6.42 Å². The van der Waals surface area contributed by atoms with Gasteiger partial charge in [0.15, 0.2) is 11.5 Å². The Kier molecular flexibility index (Phi) is 6.29. The van der Waals surface area contributed by atoms with Crippen molar-refractivity contribution in [3.8, 4) is 17.2 Å². The van der Waals surface area contributed by atoms with Crippen LogP contribution in [-0.2, 0) is 4.74 Å². The van der Waals surface area contributed by atoms with E-state index in [1.54, 1.807) is 0 Å². The molecule has 0 saturated heterocycles. The molecule has 1 aromatic rings. The van der Waals surface area contributed by atoms with E-state index in [9.17, 15) is 9.90 Å². The number of carbonyl (C=O) groups excluding carboxylic acids is 1. The van der Waals surface area contributed by atoms with E-state index < -0.39 is 5.97 Å². The number of methoxy groups -OCH3 is 2. The van der Waals surface area contributed by atoms with Crippen LogP contribution < -0.4 is 9.47 Å². The number of aromatic hydroxyl groups is 1. The van der Waals surface area contributed by atoms with Crippen LogP contribution in [0.1, 0.15) is 23.2 Å². The van der Waals surface area contributed by atoms with Crippen LogP contribution in [0.15, 0.2) is 12.1 Å². The van der Waals surface area contributed by atoms with Gasteiger partial charge in [-0.2, -0.15) is 0 Å². The second-order valence-electron chi connectivity index (χ2n) is 3.76. The fourth-order valence-electron chi connectivity index (χ4n) is 1.46. The van der Waals surface area contributed by atoms with Crippen molar-refractivity contribution in [3.63, 3.8) is 0 Å². The Bertz CT molecular complexity index is 408. The first kappa shape index (κ1) is 15.4. The van der Waals surface area contributed by atoms with Crippen LogP contribution in [0.4, 0.5) is 0 Å². The number of carbonyl (C=O) groups is 1. The molecule has 0 radical (unpaired) electrons. The number of esters is 1. The largest absolute Gasteiger partial charge is 0.502 e. The normalized spacial score (nSPS) is 10.1. The third-order valence-electron chi connectivity index (χ3n) is 2.48. The molecule has 0 aromatic heterocycles. The minimum Gasteiger partial charge on any atom is -0.502 e. The Labute approximate surface area is 117 Å². The molecular weight excluding hydrogens is 272 g/mol. The smallest absolute Gasteiger partial charge is 0.338 e. The van der Waals surface area contributed by atoms with Crippen molar-refractivity contribution < 1.29 is 24.1 Å². The number of halogens is 1. The molecule has 0 unspecified atom stereocenters. The van der Waals surface area contributed by atoms with Gasteiger partial charge in [-0.1, -0.05) is 0 Å². The molecule has 0 atom stereocenters. The number of benzene rings is 1. The highest BCUT2D eigenvalue weighted by molar-refractivity contribution is 6.17. The Morgan fingerprint density at radius 1 is 1.21 bits per heavy atom. The standard InChI is InChI=1S/C13H17ClO5/c1-17-10-7-9(8-11(18-2)12(10)15)13(16)19-6-4-3-5-14/h7-8,15H,3-6H2,1-2H3. The lowest BCUT2D eigenvalue weighted by Crippen LogP contribution is -2.07. The van der Waals surface area contributed by atoms with Crippen molar-refractivity contribution >= 4 is 17.6 Å². The highest BCUT2D eigenvalue weighted by Crippen LogP contribution is 2.37. The first-order chi connectivity index (χ1) is 9.13. The van der Waals surface area contributed by atoms with Crippen LogP contribution >= 0.6 is 11.6 Å². The van der Waals surface area contributed by atoms with Crippen LogP contribution in [0.2, 0.25) is 0 Å². The molecular formula is C13H17ClO5. The van der Waals surface area contributed by atoms with Crippen molar-refractivity contribution in [2.24, 2.45) is 0 Å². The molecule has 19 heavy (non-hydrogen) atoms. The highest BCUT2D eigenvalue weighted by atomic mass is 35.5. The molecule has 0 spiro atoms. The van der Waals surface area contributed by atoms with Gasteiger partial charge in [0, 0.05) is 5.88 Å². The summed E-state index contributed by atoms with van der Waals surface area (Å²) in [5.41, 5.74) is 0.261. The molecule has 5 nitrogen and oxygen atoms in total. The zero-order chi connectivity index (χ0) is 14.3. The number of hydrogen-bond acceptors (Lipinski definition) is 5. The van der Waals surface area contributed by atoms with Crippen LogP contribution in [-0.4, -0.2) is 37.8 Å². The summed E-state index contributed by atoms with van der Waals surface area (Å²) in [6.45, 7) is 0.303. The van der Waals surface area contributed by atoms with Crippen LogP contribution in [0.3, 0.4) is 0 Å². The zero-order valence-electron chi connectivity index (χ0n) is 10.9. The number of rotatable bonds is 7. The van der Waals surface area contributed by atoms with Crippen molar-refractivity contribution in [2.75, 3.05) is 26.7 Å². The molecule has 0 aliphatic carbocycles. The number of phenols is 1. The van der Waals surface area contributed by atoms with Gasteiger partial charge in [-0.15, -0.1) is 11.6 Å². The summed E-state index contributed by atoms with van der Waals surface area (Å²) in [4.78, 5) is 11.8. The number of alkyl halides is 1. The lowest BCUT2D eigenvalue weighted by atomic mass is 10.2. The molecule has 0 aliphatic rings. The second kappa shape index (κ2) is 7.74. The van der Waals surface area contributed by atoms with E-state index in [4.69, 9.17) is 25.8 Å². The van der Waals surface area contributed by atoms with Crippen LogP contribution in [0.5, 0.6) is 17.2 Å². The summed E-state index contributed by atoms with van der Waals surface area (Å²) in [5, 5.41) is 9.72. The fourth-order valence-corrected chi connectivity index (χ4v) is 1.65. The molecule has 0 fully saturated rings. The Morgan fingerprint density at radius 3 is 2.26 bits per heavy atom.